The van der Waals surface area contributed by atoms with Crippen molar-refractivity contribution in [1.82, 2.24) is 4.31 Å². The molecule has 0 saturated carbocycles. The van der Waals surface area contributed by atoms with Gasteiger partial charge in [0.25, 0.3) is 0 Å². The Morgan fingerprint density at radius 3 is 1.83 bits per heavy atom. The first kappa shape index (κ1) is 24.4. The van der Waals surface area contributed by atoms with Crippen LogP contribution in [0, 0.1) is 0 Å². The summed E-state index contributed by atoms with van der Waals surface area (Å²) in [6, 6.07) is 5.47. The molecule has 2 rings (SSSR count). The molecule has 29 heavy (non-hydrogen) atoms. The Morgan fingerprint density at radius 2 is 1.45 bits per heavy atom. The summed E-state index contributed by atoms with van der Waals surface area (Å²) in [4.78, 5) is 0.349. The van der Waals surface area contributed by atoms with Crippen LogP contribution in [0.1, 0.15) is 81.7 Å². The zero-order valence-corrected chi connectivity index (χ0v) is 20.8. The average Bonchev–Trinajstić information content (AvgIpc) is 2.73. The zero-order valence-electron chi connectivity index (χ0n) is 20.0. The fourth-order valence-corrected chi connectivity index (χ4v) is 5.79. The van der Waals surface area contributed by atoms with Crippen molar-refractivity contribution in [3.05, 3.63) is 23.8 Å². The second-order valence-electron chi connectivity index (χ2n) is 10.9. The first-order valence-corrected chi connectivity index (χ1v) is 11.8. The molecule has 0 aromatic heterocycles. The highest BCUT2D eigenvalue weighted by molar-refractivity contribution is 7.89. The molecule has 0 amide bonds. The van der Waals surface area contributed by atoms with Gasteiger partial charge in [-0.05, 0) is 71.0 Å². The summed E-state index contributed by atoms with van der Waals surface area (Å²) >= 11 is 0. The molecule has 1 heterocycles. The van der Waals surface area contributed by atoms with E-state index in [0.29, 0.717) is 11.4 Å². The van der Waals surface area contributed by atoms with Crippen molar-refractivity contribution in [2.24, 2.45) is 0 Å². The summed E-state index contributed by atoms with van der Waals surface area (Å²) in [5.74, 6) is 0. The molecule has 1 aromatic rings. The molecule has 7 heteroatoms. The van der Waals surface area contributed by atoms with Gasteiger partial charge in [0.2, 0.25) is 10.0 Å². The first-order chi connectivity index (χ1) is 12.8. The van der Waals surface area contributed by atoms with E-state index in [2.05, 4.69) is 0 Å². The second-order valence-corrected chi connectivity index (χ2v) is 12.8. The maximum absolute atomic E-state index is 13.6. The van der Waals surface area contributed by atoms with E-state index in [9.17, 15) is 8.42 Å². The third-order valence-corrected chi connectivity index (χ3v) is 8.24. The van der Waals surface area contributed by atoms with Crippen LogP contribution in [0.5, 0.6) is 0 Å². The molecule has 0 radical (unpaired) electrons. The van der Waals surface area contributed by atoms with Gasteiger partial charge in [-0.2, -0.15) is 4.31 Å². The number of rotatable bonds is 4. The van der Waals surface area contributed by atoms with Crippen molar-refractivity contribution in [2.75, 3.05) is 6.54 Å². The van der Waals surface area contributed by atoms with Crippen LogP contribution in [0.3, 0.4) is 0 Å². The van der Waals surface area contributed by atoms with Crippen LogP contribution in [-0.2, 0) is 24.7 Å². The molecule has 0 aliphatic carbocycles. The molecule has 0 unspecified atom stereocenters. The summed E-state index contributed by atoms with van der Waals surface area (Å²) < 4.78 is 41.1. The Labute approximate surface area is 178 Å². The Balaban J connectivity index is 2.61. The Morgan fingerprint density at radius 1 is 0.966 bits per heavy atom. The molecule has 5 nitrogen and oxygen atoms in total. The normalized spacial score (nSPS) is 19.8. The predicted molar refractivity (Wildman–Crippen MR) is 120 cm³/mol. The molecule has 1 saturated heterocycles. The summed E-state index contributed by atoms with van der Waals surface area (Å²) in [6.07, 6.45) is 0. The monoisotopic (exact) mass is 423 g/mol. The van der Waals surface area contributed by atoms with Crippen LogP contribution in [0.25, 0.3) is 0 Å². The molecule has 1 fully saturated rings. The van der Waals surface area contributed by atoms with Crippen molar-refractivity contribution in [3.8, 4) is 0 Å². The van der Waals surface area contributed by atoms with Crippen molar-refractivity contribution < 1.29 is 17.7 Å². The van der Waals surface area contributed by atoms with E-state index in [1.807, 2.05) is 88.3 Å². The lowest BCUT2D eigenvalue weighted by Crippen LogP contribution is -2.46. The van der Waals surface area contributed by atoms with Gasteiger partial charge < -0.3 is 9.31 Å². The van der Waals surface area contributed by atoms with Crippen molar-refractivity contribution in [3.63, 3.8) is 0 Å². The quantitative estimate of drug-likeness (QED) is 0.685. The van der Waals surface area contributed by atoms with Gasteiger partial charge in [0.05, 0.1) is 16.1 Å². The van der Waals surface area contributed by atoms with Gasteiger partial charge in [-0.25, -0.2) is 8.42 Å². The highest BCUT2D eigenvalue weighted by Crippen LogP contribution is 2.38. The van der Waals surface area contributed by atoms with Gasteiger partial charge in [0.15, 0.2) is 0 Å². The number of hydrogen-bond donors (Lipinski definition) is 0. The molecular weight excluding hydrogens is 385 g/mol. The maximum Gasteiger partial charge on any atom is 0.494 e. The lowest BCUT2D eigenvalue weighted by molar-refractivity contribution is 0.00578. The van der Waals surface area contributed by atoms with Crippen molar-refractivity contribution in [1.29, 1.82) is 0 Å². The molecule has 164 valence electrons. The van der Waals surface area contributed by atoms with Gasteiger partial charge >= 0.3 is 7.12 Å². The van der Waals surface area contributed by atoms with E-state index < -0.39 is 33.9 Å². The maximum atomic E-state index is 13.6. The predicted octanol–water partition coefficient (Wildman–Crippen LogP) is 4.09. The van der Waals surface area contributed by atoms with E-state index in [1.54, 1.807) is 10.4 Å². The molecule has 1 aromatic carbocycles. The topological polar surface area (TPSA) is 55.8 Å². The largest absolute Gasteiger partial charge is 0.494 e. The molecule has 1 aliphatic rings. The second kappa shape index (κ2) is 7.36. The van der Waals surface area contributed by atoms with Crippen LogP contribution in [0.2, 0.25) is 0 Å². The van der Waals surface area contributed by atoms with E-state index in [0.717, 1.165) is 11.0 Å². The minimum atomic E-state index is -3.66. The van der Waals surface area contributed by atoms with E-state index in [-0.39, 0.29) is 5.41 Å². The van der Waals surface area contributed by atoms with Gasteiger partial charge in [-0.15, -0.1) is 0 Å². The third kappa shape index (κ3) is 4.58. The number of nitrogens with zero attached hydrogens (tertiary/aromatic N) is 1. The molecule has 0 bridgehead atoms. The van der Waals surface area contributed by atoms with E-state index in [4.69, 9.17) is 9.31 Å². The fraction of sp³-hybridized carbons (Fsp3) is 0.727. The zero-order chi connectivity index (χ0) is 22.6. The van der Waals surface area contributed by atoms with Crippen LogP contribution in [0.15, 0.2) is 23.1 Å². The summed E-state index contributed by atoms with van der Waals surface area (Å²) in [6.45, 7) is 22.2. The number of benzene rings is 1. The van der Waals surface area contributed by atoms with Crippen LogP contribution < -0.4 is 5.46 Å². The molecule has 0 atom stereocenters. The van der Waals surface area contributed by atoms with Crippen LogP contribution in [0.4, 0.5) is 0 Å². The lowest BCUT2D eigenvalue weighted by Gasteiger charge is -2.35. The molecule has 1 aliphatic heterocycles. The van der Waals surface area contributed by atoms with E-state index in [1.165, 1.54) is 0 Å². The van der Waals surface area contributed by atoms with E-state index >= 15 is 0 Å². The smallest absolute Gasteiger partial charge is 0.399 e. The SMILES string of the molecule is CCN(C(C)(C)C)S(=O)(=O)c1ccc(B2OC(C)(C)C(C)(C)O2)cc1C(C)(C)C. The summed E-state index contributed by atoms with van der Waals surface area (Å²) in [5, 5.41) is 0. The average molecular weight is 423 g/mol. The van der Waals surface area contributed by atoms with Gasteiger partial charge in [-0.1, -0.05) is 39.8 Å². The summed E-state index contributed by atoms with van der Waals surface area (Å²) in [7, 11) is -4.18. The molecule has 0 spiro atoms. The lowest BCUT2D eigenvalue weighted by atomic mass is 9.75. The Kier molecular flexibility index (Phi) is 6.19. The molecular formula is C22H38BNO4S. The van der Waals surface area contributed by atoms with Crippen LogP contribution >= 0.6 is 0 Å². The molecule has 0 N–H and O–H groups in total. The Hall–Kier alpha value is -0.885. The highest BCUT2D eigenvalue weighted by Gasteiger charge is 2.52. The highest BCUT2D eigenvalue weighted by atomic mass is 32.2. The van der Waals surface area contributed by atoms with Gasteiger partial charge in [0.1, 0.15) is 0 Å². The Bertz CT molecular complexity index is 848. The minimum absolute atomic E-state index is 0.349. The van der Waals surface area contributed by atoms with Crippen LogP contribution in [-0.4, -0.2) is 43.1 Å². The van der Waals surface area contributed by atoms with Gasteiger partial charge in [0, 0.05) is 12.1 Å². The standard InChI is InChI=1S/C22H38BNO4S/c1-12-24(20(5,6)7)29(25,26)18-14-13-16(15-17(18)19(2,3)4)23-27-21(8,9)22(10,11)28-23/h13-15H,12H2,1-11H3. The third-order valence-electron chi connectivity index (χ3n) is 5.94. The number of sulfonamides is 1. The van der Waals surface area contributed by atoms with Crippen molar-refractivity contribution >= 4 is 22.6 Å². The fourth-order valence-electron chi connectivity index (χ4n) is 3.61. The minimum Gasteiger partial charge on any atom is -0.399 e. The summed E-state index contributed by atoms with van der Waals surface area (Å²) in [5.41, 5.74) is -0.156. The van der Waals surface area contributed by atoms with Crippen molar-refractivity contribution in [2.45, 2.75) is 103 Å². The van der Waals surface area contributed by atoms with Gasteiger partial charge in [-0.3, -0.25) is 0 Å². The first-order valence-electron chi connectivity index (χ1n) is 10.4. The number of hydrogen-bond acceptors (Lipinski definition) is 4.